The maximum absolute atomic E-state index is 14.4. The zero-order valence-electron chi connectivity index (χ0n) is 28.5. The third-order valence-corrected chi connectivity index (χ3v) is 9.73. The Morgan fingerprint density at radius 3 is 2.57 bits per heavy atom. The van der Waals surface area contributed by atoms with Gasteiger partial charge in [-0.05, 0) is 73.0 Å². The highest BCUT2D eigenvalue weighted by atomic mass is 35.5. The summed E-state index contributed by atoms with van der Waals surface area (Å²) in [7, 11) is 0. The number of benzene rings is 3. The quantitative estimate of drug-likeness (QED) is 0.243. The molecule has 13 heteroatoms. The molecule has 1 fully saturated rings. The van der Waals surface area contributed by atoms with Crippen molar-refractivity contribution >= 4 is 35.4 Å². The molecular formula is C38H42ClN7O5. The second-order valence-electron chi connectivity index (χ2n) is 13.0. The molecule has 0 aliphatic carbocycles. The Balaban J connectivity index is 0.00000406. The fourth-order valence-corrected chi connectivity index (χ4v) is 6.93. The normalized spacial score (nSPS) is 18.1. The number of rotatable bonds is 9. The molecule has 12 nitrogen and oxygen atoms in total. The summed E-state index contributed by atoms with van der Waals surface area (Å²) in [6.07, 6.45) is 10.6. The maximum atomic E-state index is 14.4. The van der Waals surface area contributed by atoms with E-state index >= 15 is 0 Å². The number of nitrogens with one attached hydrogen (secondary N) is 1. The van der Waals surface area contributed by atoms with E-state index in [0.29, 0.717) is 30.3 Å². The van der Waals surface area contributed by atoms with Gasteiger partial charge in [0.2, 0.25) is 6.79 Å². The van der Waals surface area contributed by atoms with Crippen molar-refractivity contribution < 1.29 is 24.1 Å². The number of anilines is 2. The molecule has 0 saturated carbocycles. The van der Waals surface area contributed by atoms with Gasteiger partial charge in [-0.25, -0.2) is 0 Å². The van der Waals surface area contributed by atoms with Crippen molar-refractivity contribution in [3.05, 3.63) is 114 Å². The second kappa shape index (κ2) is 15.0. The van der Waals surface area contributed by atoms with Crippen molar-refractivity contribution in [3.63, 3.8) is 0 Å². The molecule has 1 aromatic heterocycles. The lowest BCUT2D eigenvalue weighted by molar-refractivity contribution is 0.0360. The highest BCUT2D eigenvalue weighted by Gasteiger charge is 2.32. The summed E-state index contributed by atoms with van der Waals surface area (Å²) < 4.78 is 19.0. The minimum Gasteiger partial charge on any atom is -0.508 e. The summed E-state index contributed by atoms with van der Waals surface area (Å²) in [6, 6.07) is 19.2. The number of phenolic OH excluding ortho intramolecular Hbond substituents is 1. The van der Waals surface area contributed by atoms with Gasteiger partial charge in [-0.15, -0.1) is 12.4 Å². The monoisotopic (exact) mass is 711 g/mol. The number of aromatic hydroxyl groups is 1. The van der Waals surface area contributed by atoms with Crippen LogP contribution in [0.15, 0.2) is 91.4 Å². The van der Waals surface area contributed by atoms with Gasteiger partial charge in [-0.2, -0.15) is 5.10 Å². The number of ether oxygens (including phenoxy) is 3. The fourth-order valence-electron chi connectivity index (χ4n) is 6.93. The number of aromatic nitrogens is 2. The molecule has 0 bridgehead atoms. The van der Waals surface area contributed by atoms with Crippen LogP contribution in [0.2, 0.25) is 0 Å². The lowest BCUT2D eigenvalue weighted by Gasteiger charge is -2.36. The van der Waals surface area contributed by atoms with E-state index in [1.165, 1.54) is 11.1 Å². The second-order valence-corrected chi connectivity index (χ2v) is 13.0. The summed E-state index contributed by atoms with van der Waals surface area (Å²) in [5.41, 5.74) is 9.83. The van der Waals surface area contributed by atoms with Crippen molar-refractivity contribution in [2.24, 2.45) is 0 Å². The largest absolute Gasteiger partial charge is 0.508 e. The first-order valence-corrected chi connectivity index (χ1v) is 17.1. The van der Waals surface area contributed by atoms with Gasteiger partial charge < -0.3 is 29.1 Å². The van der Waals surface area contributed by atoms with E-state index in [1.807, 2.05) is 75.7 Å². The van der Waals surface area contributed by atoms with Crippen LogP contribution in [-0.4, -0.2) is 88.0 Å². The van der Waals surface area contributed by atoms with Gasteiger partial charge in [0.1, 0.15) is 12.4 Å². The Labute approximate surface area is 303 Å². The topological polar surface area (TPSA) is 108 Å². The summed E-state index contributed by atoms with van der Waals surface area (Å²) >= 11 is 0. The number of hydrogen-bond donors (Lipinski definition) is 2. The number of hydrazine groups is 1. The molecule has 3 aromatic carbocycles. The van der Waals surface area contributed by atoms with Crippen LogP contribution in [0.25, 0.3) is 5.70 Å². The van der Waals surface area contributed by atoms with Gasteiger partial charge in [0, 0.05) is 55.9 Å². The van der Waals surface area contributed by atoms with Crippen molar-refractivity contribution in [1.29, 1.82) is 0 Å². The van der Waals surface area contributed by atoms with E-state index in [4.69, 9.17) is 14.2 Å². The molecular weight excluding hydrogens is 670 g/mol. The molecule has 0 spiro atoms. The van der Waals surface area contributed by atoms with Gasteiger partial charge in [-0.3, -0.25) is 24.8 Å². The summed E-state index contributed by atoms with van der Waals surface area (Å²) in [5.74, 6) is 1.31. The molecule has 4 aliphatic heterocycles. The lowest BCUT2D eigenvalue weighted by atomic mass is 9.93. The first-order chi connectivity index (χ1) is 24.5. The SMILES string of the molecule is C[C@@H]1Cc2ccccc2CN1C(=O)c1cc2c(cc1C1=CC=CN(CN(c3ccc(O)cc3)c3cnn(CCN4CCOCC4)c3)N1)OCO2.Cl. The van der Waals surface area contributed by atoms with Crippen LogP contribution in [0.1, 0.15) is 34.0 Å². The molecule has 5 heterocycles. The molecule has 2 N–H and O–H groups in total. The van der Waals surface area contributed by atoms with E-state index in [2.05, 4.69) is 45.4 Å². The third-order valence-electron chi connectivity index (χ3n) is 9.73. The number of carbonyl (C=O) groups is 1. The zero-order valence-corrected chi connectivity index (χ0v) is 29.3. The Bertz CT molecular complexity index is 1920. The Morgan fingerprint density at radius 2 is 1.76 bits per heavy atom. The van der Waals surface area contributed by atoms with Crippen molar-refractivity contribution in [2.45, 2.75) is 32.5 Å². The minimum atomic E-state index is -0.0562. The third kappa shape index (κ3) is 7.34. The standard InChI is InChI=1S/C38H41N7O5.ClH/c1-27-19-28-5-2-3-6-29(28)23-44(27)38(47)34-21-37-36(49-26-50-37)20-33(34)35-7-4-12-43(40-35)25-45(30-8-10-32(46)11-9-30)31-22-39-42(24-31)14-13-41-15-17-48-18-16-41;/h2-12,20-22,24,27,40,46H,13-19,23,25-26H2,1H3;1H/t27-;/m1./s1. The van der Waals surface area contributed by atoms with Crippen LogP contribution in [0.3, 0.4) is 0 Å². The number of hydrogen-bond acceptors (Lipinski definition) is 10. The van der Waals surface area contributed by atoms with Crippen LogP contribution >= 0.6 is 12.4 Å². The number of carbonyl (C=O) groups excluding carboxylic acids is 1. The number of nitrogens with zero attached hydrogens (tertiary/aromatic N) is 6. The average molecular weight is 712 g/mol. The number of fused-ring (bicyclic) bond motifs is 2. The van der Waals surface area contributed by atoms with Crippen LogP contribution in [0.5, 0.6) is 17.2 Å². The number of amides is 1. The van der Waals surface area contributed by atoms with Crippen molar-refractivity contribution in [3.8, 4) is 17.2 Å². The maximum Gasteiger partial charge on any atom is 0.255 e. The van der Waals surface area contributed by atoms with E-state index in [9.17, 15) is 9.90 Å². The molecule has 0 radical (unpaired) electrons. The van der Waals surface area contributed by atoms with Gasteiger partial charge in [0.05, 0.1) is 42.9 Å². The van der Waals surface area contributed by atoms with E-state index in [0.717, 1.165) is 68.4 Å². The van der Waals surface area contributed by atoms with Crippen LogP contribution in [-0.2, 0) is 24.2 Å². The predicted octanol–water partition coefficient (Wildman–Crippen LogP) is 5.13. The summed E-state index contributed by atoms with van der Waals surface area (Å²) in [5, 5.41) is 16.7. The van der Waals surface area contributed by atoms with Crippen LogP contribution in [0, 0.1) is 0 Å². The highest BCUT2D eigenvalue weighted by molar-refractivity contribution is 6.00. The Hall–Kier alpha value is -5.17. The van der Waals surface area contributed by atoms with Gasteiger partial charge >= 0.3 is 0 Å². The molecule has 8 rings (SSSR count). The molecule has 4 aromatic rings. The molecule has 1 saturated heterocycles. The van der Waals surface area contributed by atoms with Crippen LogP contribution < -0.4 is 19.8 Å². The van der Waals surface area contributed by atoms with Gasteiger partial charge in [-0.1, -0.05) is 24.3 Å². The average Bonchev–Trinajstić information content (AvgIpc) is 3.82. The van der Waals surface area contributed by atoms with Gasteiger partial charge in [0.25, 0.3) is 5.91 Å². The molecule has 0 unspecified atom stereocenters. The molecule has 1 amide bonds. The predicted molar refractivity (Wildman–Crippen MR) is 196 cm³/mol. The Kier molecular flexibility index (Phi) is 10.1. The number of phenols is 1. The molecule has 51 heavy (non-hydrogen) atoms. The molecule has 266 valence electrons. The summed E-state index contributed by atoms with van der Waals surface area (Å²) in [4.78, 5) is 20.8. The number of allylic oxidation sites excluding steroid dienone is 2. The van der Waals surface area contributed by atoms with Crippen molar-refractivity contribution in [1.82, 2.24) is 30.0 Å². The lowest BCUT2D eigenvalue weighted by Crippen LogP contribution is -2.43. The fraction of sp³-hybridized carbons (Fsp3) is 0.316. The minimum absolute atomic E-state index is 0. The number of morpholine rings is 1. The molecule has 1 atom stereocenters. The smallest absolute Gasteiger partial charge is 0.255 e. The number of halogens is 1. The zero-order chi connectivity index (χ0) is 34.0. The van der Waals surface area contributed by atoms with Crippen LogP contribution in [0.4, 0.5) is 11.4 Å². The van der Waals surface area contributed by atoms with E-state index in [1.54, 1.807) is 12.1 Å². The first-order valence-electron chi connectivity index (χ1n) is 17.1. The molecule has 4 aliphatic rings. The van der Waals surface area contributed by atoms with Crippen molar-refractivity contribution in [2.75, 3.05) is 51.2 Å². The van der Waals surface area contributed by atoms with E-state index in [-0.39, 0.29) is 36.9 Å². The highest BCUT2D eigenvalue weighted by Crippen LogP contribution is 2.39. The van der Waals surface area contributed by atoms with Gasteiger partial charge in [0.15, 0.2) is 11.5 Å². The first kappa shape index (κ1) is 34.3. The van der Waals surface area contributed by atoms with E-state index < -0.39 is 0 Å². The Morgan fingerprint density at radius 1 is 1.00 bits per heavy atom. The summed E-state index contributed by atoms with van der Waals surface area (Å²) in [6.45, 7) is 8.21.